The van der Waals surface area contributed by atoms with E-state index in [9.17, 15) is 4.79 Å². The van der Waals surface area contributed by atoms with E-state index in [2.05, 4.69) is 12.0 Å². The van der Waals surface area contributed by atoms with Crippen molar-refractivity contribution in [3.05, 3.63) is 34.9 Å². The van der Waals surface area contributed by atoms with Crippen LogP contribution in [0.15, 0.2) is 29.2 Å². The molecule has 1 saturated heterocycles. The maximum Gasteiger partial charge on any atom is 0.350 e. The van der Waals surface area contributed by atoms with E-state index in [1.807, 2.05) is 18.2 Å². The molecule has 1 aliphatic heterocycles. The average Bonchev–Trinajstić information content (AvgIpc) is 2.86. The van der Waals surface area contributed by atoms with Crippen LogP contribution in [0.1, 0.15) is 19.8 Å². The summed E-state index contributed by atoms with van der Waals surface area (Å²) in [5.74, 6) is 0. The van der Waals surface area contributed by atoms with Crippen LogP contribution in [0, 0.1) is 0 Å². The van der Waals surface area contributed by atoms with Crippen LogP contribution in [0.5, 0.6) is 0 Å². The van der Waals surface area contributed by atoms with Crippen molar-refractivity contribution in [2.24, 2.45) is 0 Å². The number of ether oxygens (including phenoxy) is 1. The molecule has 0 saturated carbocycles. The first kappa shape index (κ1) is 10.5. The molecule has 0 amide bonds. The van der Waals surface area contributed by atoms with E-state index in [4.69, 9.17) is 4.74 Å². The Labute approximate surface area is 98.6 Å². The first-order chi connectivity index (χ1) is 8.24. The minimum absolute atomic E-state index is 0.0937. The van der Waals surface area contributed by atoms with Gasteiger partial charge in [0.05, 0.1) is 18.8 Å². The Morgan fingerprint density at radius 2 is 2.35 bits per heavy atom. The summed E-state index contributed by atoms with van der Waals surface area (Å²) in [6.07, 6.45) is 4.22. The highest BCUT2D eigenvalue weighted by atomic mass is 16.5. The van der Waals surface area contributed by atoms with Crippen LogP contribution in [-0.2, 0) is 11.3 Å². The first-order valence-corrected chi connectivity index (χ1v) is 5.94. The highest BCUT2D eigenvalue weighted by Crippen LogP contribution is 2.19. The fourth-order valence-electron chi connectivity index (χ4n) is 2.30. The Bertz CT molecular complexity index is 587. The summed E-state index contributed by atoms with van der Waals surface area (Å²) in [7, 11) is 0. The van der Waals surface area contributed by atoms with Gasteiger partial charge in [0.25, 0.3) is 0 Å². The minimum Gasteiger partial charge on any atom is -0.373 e. The largest absolute Gasteiger partial charge is 0.373 e. The third-order valence-corrected chi connectivity index (χ3v) is 3.18. The fourth-order valence-corrected chi connectivity index (χ4v) is 2.30. The molecule has 3 rings (SSSR count). The fraction of sp³-hybridized carbons (Fsp3) is 0.500. The van der Waals surface area contributed by atoms with Crippen molar-refractivity contribution in [2.45, 2.75) is 38.5 Å². The van der Waals surface area contributed by atoms with Crippen LogP contribution in [0.25, 0.3) is 5.65 Å². The smallest absolute Gasteiger partial charge is 0.350 e. The summed E-state index contributed by atoms with van der Waals surface area (Å²) in [4.78, 5) is 12.0. The van der Waals surface area contributed by atoms with E-state index in [1.165, 1.54) is 4.68 Å². The molecule has 0 aromatic carbocycles. The number of nitrogens with zero attached hydrogens (tertiary/aromatic N) is 3. The van der Waals surface area contributed by atoms with Crippen LogP contribution in [-0.4, -0.2) is 26.4 Å². The molecule has 17 heavy (non-hydrogen) atoms. The third-order valence-electron chi connectivity index (χ3n) is 3.18. The number of pyridine rings is 1. The van der Waals surface area contributed by atoms with Gasteiger partial charge in [-0.15, -0.1) is 5.10 Å². The van der Waals surface area contributed by atoms with Crippen molar-refractivity contribution in [3.63, 3.8) is 0 Å². The minimum atomic E-state index is -0.0937. The van der Waals surface area contributed by atoms with Gasteiger partial charge in [-0.3, -0.25) is 4.40 Å². The monoisotopic (exact) mass is 233 g/mol. The van der Waals surface area contributed by atoms with Crippen LogP contribution >= 0.6 is 0 Å². The summed E-state index contributed by atoms with van der Waals surface area (Å²) < 4.78 is 8.76. The predicted octanol–water partition coefficient (Wildman–Crippen LogP) is 1.06. The molecule has 2 unspecified atom stereocenters. The van der Waals surface area contributed by atoms with E-state index in [1.54, 1.807) is 10.6 Å². The van der Waals surface area contributed by atoms with Gasteiger partial charge in [-0.05, 0) is 31.9 Å². The summed E-state index contributed by atoms with van der Waals surface area (Å²) in [5, 5.41) is 4.29. The SMILES string of the molecule is CC1CCC(Cn2nc3ccccn3c2=O)O1. The zero-order chi connectivity index (χ0) is 11.8. The lowest BCUT2D eigenvalue weighted by Gasteiger charge is -2.09. The number of hydrogen-bond acceptors (Lipinski definition) is 3. The highest BCUT2D eigenvalue weighted by Gasteiger charge is 2.23. The molecule has 0 aliphatic carbocycles. The second kappa shape index (κ2) is 4.00. The standard InChI is InChI=1S/C12H15N3O2/c1-9-5-6-10(17-9)8-15-12(16)14-7-3-2-4-11(14)13-15/h2-4,7,9-10H,5-6,8H2,1H3. The zero-order valence-corrected chi connectivity index (χ0v) is 9.74. The second-order valence-corrected chi connectivity index (χ2v) is 4.54. The molecule has 0 radical (unpaired) electrons. The molecule has 1 fully saturated rings. The summed E-state index contributed by atoms with van der Waals surface area (Å²) in [6.45, 7) is 2.61. The number of rotatable bonds is 2. The molecule has 90 valence electrons. The first-order valence-electron chi connectivity index (χ1n) is 5.94. The molecule has 0 spiro atoms. The molecule has 0 N–H and O–H groups in total. The van der Waals surface area contributed by atoms with E-state index in [0.717, 1.165) is 12.8 Å². The lowest BCUT2D eigenvalue weighted by Crippen LogP contribution is -2.27. The quantitative estimate of drug-likeness (QED) is 0.779. The third kappa shape index (κ3) is 1.86. The molecule has 5 heteroatoms. The predicted molar refractivity (Wildman–Crippen MR) is 63.0 cm³/mol. The van der Waals surface area contributed by atoms with Gasteiger partial charge in [0.2, 0.25) is 0 Å². The summed E-state index contributed by atoms with van der Waals surface area (Å²) >= 11 is 0. The van der Waals surface area contributed by atoms with E-state index < -0.39 is 0 Å². The van der Waals surface area contributed by atoms with Gasteiger partial charge in [-0.1, -0.05) is 6.07 Å². The van der Waals surface area contributed by atoms with Gasteiger partial charge >= 0.3 is 5.69 Å². The number of hydrogen-bond donors (Lipinski definition) is 0. The van der Waals surface area contributed by atoms with E-state index in [0.29, 0.717) is 18.3 Å². The van der Waals surface area contributed by atoms with Crippen molar-refractivity contribution >= 4 is 5.65 Å². The van der Waals surface area contributed by atoms with Gasteiger partial charge in [-0.2, -0.15) is 0 Å². The van der Waals surface area contributed by atoms with Gasteiger partial charge in [-0.25, -0.2) is 9.48 Å². The molecule has 2 atom stereocenters. The summed E-state index contributed by atoms with van der Waals surface area (Å²) in [5.41, 5.74) is 0.590. The van der Waals surface area contributed by atoms with Crippen LogP contribution in [0.3, 0.4) is 0 Å². The summed E-state index contributed by atoms with van der Waals surface area (Å²) in [6, 6.07) is 5.53. The Kier molecular flexibility index (Phi) is 2.48. The molecular weight excluding hydrogens is 218 g/mol. The molecule has 1 aliphatic rings. The highest BCUT2D eigenvalue weighted by molar-refractivity contribution is 5.35. The Morgan fingerprint density at radius 3 is 3.06 bits per heavy atom. The lowest BCUT2D eigenvalue weighted by atomic mass is 10.2. The van der Waals surface area contributed by atoms with Crippen molar-refractivity contribution in [2.75, 3.05) is 0 Å². The van der Waals surface area contributed by atoms with Crippen LogP contribution < -0.4 is 5.69 Å². The van der Waals surface area contributed by atoms with Crippen molar-refractivity contribution in [1.29, 1.82) is 0 Å². The van der Waals surface area contributed by atoms with Crippen LogP contribution in [0.4, 0.5) is 0 Å². The maximum absolute atomic E-state index is 12.0. The van der Waals surface area contributed by atoms with E-state index >= 15 is 0 Å². The molecule has 2 aromatic heterocycles. The average molecular weight is 233 g/mol. The number of aromatic nitrogens is 3. The van der Waals surface area contributed by atoms with Gasteiger partial charge in [0, 0.05) is 6.20 Å². The molecule has 0 bridgehead atoms. The lowest BCUT2D eigenvalue weighted by molar-refractivity contribution is 0.0431. The number of fused-ring (bicyclic) bond motifs is 1. The normalized spacial score (nSPS) is 24.5. The van der Waals surface area contributed by atoms with Gasteiger partial charge in [0.15, 0.2) is 5.65 Å². The Morgan fingerprint density at radius 1 is 1.47 bits per heavy atom. The second-order valence-electron chi connectivity index (χ2n) is 4.54. The zero-order valence-electron chi connectivity index (χ0n) is 9.74. The Balaban J connectivity index is 1.90. The maximum atomic E-state index is 12.0. The molecule has 2 aromatic rings. The van der Waals surface area contributed by atoms with E-state index in [-0.39, 0.29) is 11.8 Å². The van der Waals surface area contributed by atoms with Crippen molar-refractivity contribution < 1.29 is 4.74 Å². The Hall–Kier alpha value is -1.62. The van der Waals surface area contributed by atoms with Crippen LogP contribution in [0.2, 0.25) is 0 Å². The van der Waals surface area contributed by atoms with Crippen molar-refractivity contribution in [1.82, 2.24) is 14.2 Å². The molecule has 3 heterocycles. The molecular formula is C12H15N3O2. The van der Waals surface area contributed by atoms with Crippen molar-refractivity contribution in [3.8, 4) is 0 Å². The van der Waals surface area contributed by atoms with Gasteiger partial charge in [0.1, 0.15) is 0 Å². The topological polar surface area (TPSA) is 48.5 Å². The van der Waals surface area contributed by atoms with Gasteiger partial charge < -0.3 is 4.74 Å². The molecule has 5 nitrogen and oxygen atoms in total.